The lowest BCUT2D eigenvalue weighted by molar-refractivity contribution is -0.137. The van der Waals surface area contributed by atoms with Crippen LogP contribution in [0.2, 0.25) is 0 Å². The molecule has 1 fully saturated rings. The number of piperidine rings is 1. The molecule has 0 aromatic rings. The minimum atomic E-state index is -0.950. The van der Waals surface area contributed by atoms with Crippen molar-refractivity contribution in [2.75, 3.05) is 32.7 Å². The molecule has 1 rings (SSSR count). The Balaban J connectivity index is 2.75. The molecule has 1 heterocycles. The molecule has 1 saturated heterocycles. The van der Waals surface area contributed by atoms with Gasteiger partial charge < -0.3 is 20.2 Å². The molecule has 0 radical (unpaired) electrons. The normalized spacial score (nSPS) is 15.9. The number of hydrogen-bond donors (Lipinski definition) is 2. The van der Waals surface area contributed by atoms with Crippen molar-refractivity contribution >= 4 is 12.0 Å². The Morgan fingerprint density at radius 1 is 1.15 bits per heavy atom. The minimum Gasteiger partial charge on any atom is -0.480 e. The van der Waals surface area contributed by atoms with Crippen LogP contribution >= 0.6 is 0 Å². The van der Waals surface area contributed by atoms with E-state index < -0.39 is 5.97 Å². The lowest BCUT2D eigenvalue weighted by atomic mass is 10.0. The van der Waals surface area contributed by atoms with Gasteiger partial charge in [-0.05, 0) is 38.8 Å². The Kier molecular flexibility index (Phi) is 7.36. The van der Waals surface area contributed by atoms with Gasteiger partial charge in [0, 0.05) is 19.1 Å². The molecule has 6 nitrogen and oxygen atoms in total. The fraction of sp³-hybridized carbons (Fsp3) is 0.857. The zero-order valence-electron chi connectivity index (χ0n) is 12.6. The fourth-order valence-corrected chi connectivity index (χ4v) is 2.65. The maximum absolute atomic E-state index is 12.6. The summed E-state index contributed by atoms with van der Waals surface area (Å²) in [5.41, 5.74) is 0. The topological polar surface area (TPSA) is 72.9 Å². The molecule has 0 bridgehead atoms. The van der Waals surface area contributed by atoms with Gasteiger partial charge in [-0.1, -0.05) is 13.8 Å². The number of nitrogens with zero attached hydrogens (tertiary/aromatic N) is 2. The van der Waals surface area contributed by atoms with Gasteiger partial charge in [0.15, 0.2) is 0 Å². The van der Waals surface area contributed by atoms with Gasteiger partial charge in [0.1, 0.15) is 6.54 Å². The predicted octanol–water partition coefficient (Wildman–Crippen LogP) is 1.37. The third kappa shape index (κ3) is 5.00. The van der Waals surface area contributed by atoms with Crippen LogP contribution in [0.15, 0.2) is 0 Å². The van der Waals surface area contributed by atoms with Gasteiger partial charge in [0.25, 0.3) is 0 Å². The first-order valence-electron chi connectivity index (χ1n) is 7.58. The molecule has 2 amide bonds. The number of rotatable bonds is 7. The lowest BCUT2D eigenvalue weighted by Crippen LogP contribution is -2.52. The van der Waals surface area contributed by atoms with Crippen LogP contribution in [0.4, 0.5) is 4.79 Å². The highest BCUT2D eigenvalue weighted by Crippen LogP contribution is 2.15. The highest BCUT2D eigenvalue weighted by molar-refractivity contribution is 5.80. The monoisotopic (exact) mass is 285 g/mol. The van der Waals surface area contributed by atoms with Crippen LogP contribution in [-0.4, -0.2) is 65.7 Å². The molecule has 6 heteroatoms. The molecule has 1 aliphatic heterocycles. The fourth-order valence-electron chi connectivity index (χ4n) is 2.65. The van der Waals surface area contributed by atoms with Crippen molar-refractivity contribution in [1.29, 1.82) is 0 Å². The zero-order valence-corrected chi connectivity index (χ0v) is 12.6. The van der Waals surface area contributed by atoms with Gasteiger partial charge in [0.05, 0.1) is 0 Å². The minimum absolute atomic E-state index is 0.122. The second-order valence-electron chi connectivity index (χ2n) is 5.27. The van der Waals surface area contributed by atoms with Gasteiger partial charge >= 0.3 is 12.0 Å². The molecule has 0 spiro atoms. The maximum atomic E-state index is 12.6. The molecule has 2 N–H and O–H groups in total. The van der Waals surface area contributed by atoms with E-state index in [1.165, 1.54) is 4.90 Å². The van der Waals surface area contributed by atoms with Crippen LogP contribution in [-0.2, 0) is 4.79 Å². The summed E-state index contributed by atoms with van der Waals surface area (Å²) in [4.78, 5) is 26.9. The maximum Gasteiger partial charge on any atom is 0.323 e. The van der Waals surface area contributed by atoms with Gasteiger partial charge in [0.2, 0.25) is 0 Å². The van der Waals surface area contributed by atoms with Gasteiger partial charge in [-0.15, -0.1) is 0 Å². The largest absolute Gasteiger partial charge is 0.480 e. The summed E-state index contributed by atoms with van der Waals surface area (Å²) in [6, 6.07) is 0.111. The Morgan fingerprint density at radius 2 is 1.75 bits per heavy atom. The first kappa shape index (κ1) is 16.8. The van der Waals surface area contributed by atoms with Crippen molar-refractivity contribution in [2.24, 2.45) is 0 Å². The van der Waals surface area contributed by atoms with E-state index >= 15 is 0 Å². The number of hydrogen-bond acceptors (Lipinski definition) is 3. The summed E-state index contributed by atoms with van der Waals surface area (Å²) in [6.45, 7) is 6.83. The van der Waals surface area contributed by atoms with E-state index in [-0.39, 0.29) is 18.6 Å². The molecule has 0 atom stereocenters. The molecule has 0 saturated carbocycles. The molecule has 0 aliphatic carbocycles. The number of nitrogens with one attached hydrogen (secondary N) is 1. The standard InChI is InChI=1S/C14H27N3O3/c1-3-9-16(11-13(18)19)14(20)17(10-4-2)12-5-7-15-8-6-12/h12,15H,3-11H2,1-2H3,(H,18,19). The SMILES string of the molecule is CCCN(CC(=O)O)C(=O)N(CCC)C1CCNCC1. The van der Waals surface area contributed by atoms with E-state index in [2.05, 4.69) is 5.32 Å². The van der Waals surface area contributed by atoms with E-state index in [1.807, 2.05) is 18.7 Å². The predicted molar refractivity (Wildman–Crippen MR) is 77.8 cm³/mol. The molecule has 0 aromatic heterocycles. The van der Waals surface area contributed by atoms with E-state index in [4.69, 9.17) is 5.11 Å². The summed E-state index contributed by atoms with van der Waals surface area (Å²) in [6.07, 6.45) is 3.55. The van der Waals surface area contributed by atoms with Gasteiger partial charge in [-0.2, -0.15) is 0 Å². The Hall–Kier alpha value is -1.30. The lowest BCUT2D eigenvalue weighted by Gasteiger charge is -2.37. The average molecular weight is 285 g/mol. The third-order valence-electron chi connectivity index (χ3n) is 3.55. The summed E-state index contributed by atoms with van der Waals surface area (Å²) < 4.78 is 0. The summed E-state index contributed by atoms with van der Waals surface area (Å²) in [7, 11) is 0. The molecule has 20 heavy (non-hydrogen) atoms. The molecule has 0 aromatic carbocycles. The van der Waals surface area contributed by atoms with Gasteiger partial charge in [-0.3, -0.25) is 4.79 Å². The van der Waals surface area contributed by atoms with E-state index in [0.29, 0.717) is 13.1 Å². The Morgan fingerprint density at radius 3 is 2.25 bits per heavy atom. The molecule has 1 aliphatic rings. The highest BCUT2D eigenvalue weighted by Gasteiger charge is 2.28. The first-order chi connectivity index (χ1) is 9.60. The molecular formula is C14H27N3O3. The number of carbonyl (C=O) groups is 2. The second kappa shape index (κ2) is 8.79. The average Bonchev–Trinajstić information content (AvgIpc) is 2.44. The van der Waals surface area contributed by atoms with Crippen molar-refractivity contribution in [3.63, 3.8) is 0 Å². The molecule has 0 unspecified atom stereocenters. The van der Waals surface area contributed by atoms with E-state index in [1.54, 1.807) is 0 Å². The number of carbonyl (C=O) groups excluding carboxylic acids is 1. The number of aliphatic carboxylic acids is 1. The number of carboxylic acids is 1. The zero-order chi connectivity index (χ0) is 15.0. The number of carboxylic acid groups (broad SMARTS) is 1. The van der Waals surface area contributed by atoms with Crippen LogP contribution in [0.1, 0.15) is 39.5 Å². The Bertz CT molecular complexity index is 317. The summed E-state index contributed by atoms with van der Waals surface area (Å²) in [5, 5.41) is 12.3. The van der Waals surface area contributed by atoms with Crippen molar-refractivity contribution in [2.45, 2.75) is 45.6 Å². The molecule has 116 valence electrons. The van der Waals surface area contributed by atoms with E-state index in [9.17, 15) is 9.59 Å². The quantitative estimate of drug-likeness (QED) is 0.741. The van der Waals surface area contributed by atoms with Crippen molar-refractivity contribution in [3.05, 3.63) is 0 Å². The smallest absolute Gasteiger partial charge is 0.323 e. The third-order valence-corrected chi connectivity index (χ3v) is 3.55. The first-order valence-corrected chi connectivity index (χ1v) is 7.58. The van der Waals surface area contributed by atoms with Crippen LogP contribution in [0, 0.1) is 0 Å². The number of urea groups is 1. The van der Waals surface area contributed by atoms with Crippen LogP contribution in [0.25, 0.3) is 0 Å². The van der Waals surface area contributed by atoms with Crippen LogP contribution < -0.4 is 5.32 Å². The van der Waals surface area contributed by atoms with Crippen LogP contribution in [0.3, 0.4) is 0 Å². The van der Waals surface area contributed by atoms with E-state index in [0.717, 1.165) is 38.8 Å². The highest BCUT2D eigenvalue weighted by atomic mass is 16.4. The van der Waals surface area contributed by atoms with Crippen molar-refractivity contribution in [1.82, 2.24) is 15.1 Å². The van der Waals surface area contributed by atoms with Gasteiger partial charge in [-0.25, -0.2) is 4.79 Å². The van der Waals surface area contributed by atoms with Crippen molar-refractivity contribution < 1.29 is 14.7 Å². The molecular weight excluding hydrogens is 258 g/mol. The Labute approximate surface area is 121 Å². The summed E-state index contributed by atoms with van der Waals surface area (Å²) in [5.74, 6) is -0.950. The van der Waals surface area contributed by atoms with Crippen molar-refractivity contribution in [3.8, 4) is 0 Å². The van der Waals surface area contributed by atoms with Crippen LogP contribution in [0.5, 0.6) is 0 Å². The number of amides is 2. The second-order valence-corrected chi connectivity index (χ2v) is 5.27. The summed E-state index contributed by atoms with van der Waals surface area (Å²) >= 11 is 0.